The van der Waals surface area contributed by atoms with Crippen LogP contribution in [0.4, 0.5) is 0 Å². The van der Waals surface area contributed by atoms with Crippen molar-refractivity contribution in [3.63, 3.8) is 0 Å². The van der Waals surface area contributed by atoms with E-state index in [1.54, 1.807) is 0 Å². The average molecular weight is 534 g/mol. The van der Waals surface area contributed by atoms with Crippen LogP contribution in [-0.4, -0.2) is 77.9 Å². The molecule has 194 valence electrons. The SMILES string of the molecule is C#CC[N+](C)(C)CCCCCC(=O)NCCC[Si](O[Si](C)(C)C)(O[Si](C)(C)C)O[Si](C)(C)C. The summed E-state index contributed by atoms with van der Waals surface area (Å²) in [5, 5.41) is 3.09. The zero-order chi connectivity index (χ0) is 26.0. The zero-order valence-electron chi connectivity index (χ0n) is 23.5. The molecule has 0 aliphatic carbocycles. The number of quaternary nitrogens is 1. The van der Waals surface area contributed by atoms with Gasteiger partial charge in [-0.3, -0.25) is 4.79 Å². The molecular formula is C23H53N2O4Si4+. The molecule has 0 aliphatic rings. The van der Waals surface area contributed by atoms with Gasteiger partial charge in [0.05, 0.1) is 20.6 Å². The van der Waals surface area contributed by atoms with E-state index >= 15 is 0 Å². The first-order valence-electron chi connectivity index (χ1n) is 12.4. The number of carbonyl (C=O) groups is 1. The molecule has 0 aromatic carbocycles. The Balaban J connectivity index is 4.70. The fraction of sp³-hybridized carbons (Fsp3) is 0.870. The number of unbranched alkanes of at least 4 members (excludes halogenated alkanes) is 2. The fourth-order valence-electron chi connectivity index (χ4n) is 3.56. The maximum absolute atomic E-state index is 12.3. The molecule has 6 nitrogen and oxygen atoms in total. The lowest BCUT2D eigenvalue weighted by molar-refractivity contribution is -0.883. The van der Waals surface area contributed by atoms with Crippen molar-refractivity contribution in [2.75, 3.05) is 33.7 Å². The number of nitrogens with one attached hydrogen (secondary N) is 1. The molecule has 0 saturated carbocycles. The third-order valence-electron chi connectivity index (χ3n) is 4.55. The van der Waals surface area contributed by atoms with E-state index in [2.05, 4.69) is 84.3 Å². The van der Waals surface area contributed by atoms with Gasteiger partial charge in [0.15, 0.2) is 25.0 Å². The molecule has 0 atom stereocenters. The summed E-state index contributed by atoms with van der Waals surface area (Å²) >= 11 is 0. The van der Waals surface area contributed by atoms with Gasteiger partial charge in [-0.05, 0) is 90.5 Å². The van der Waals surface area contributed by atoms with Crippen LogP contribution in [0.2, 0.25) is 65.0 Å². The Morgan fingerprint density at radius 2 is 1.30 bits per heavy atom. The van der Waals surface area contributed by atoms with Gasteiger partial charge in [0.1, 0.15) is 6.54 Å². The van der Waals surface area contributed by atoms with E-state index in [0.717, 1.165) is 49.3 Å². The highest BCUT2D eigenvalue weighted by molar-refractivity contribution is 6.90. The van der Waals surface area contributed by atoms with Crippen LogP contribution in [0, 0.1) is 12.3 Å². The van der Waals surface area contributed by atoms with Crippen LogP contribution < -0.4 is 5.32 Å². The first-order valence-corrected chi connectivity index (χ1v) is 24.6. The lowest BCUT2D eigenvalue weighted by atomic mass is 10.1. The predicted octanol–water partition coefficient (Wildman–Crippen LogP) is 5.26. The fourth-order valence-corrected chi connectivity index (χ4v) is 18.2. The van der Waals surface area contributed by atoms with E-state index in [9.17, 15) is 4.79 Å². The van der Waals surface area contributed by atoms with Gasteiger partial charge in [0.25, 0.3) is 0 Å². The molecule has 0 unspecified atom stereocenters. The molecule has 0 radical (unpaired) electrons. The summed E-state index contributed by atoms with van der Waals surface area (Å²) in [4.78, 5) is 12.3. The molecule has 0 aromatic rings. The molecule has 0 spiro atoms. The topological polar surface area (TPSA) is 56.8 Å². The van der Waals surface area contributed by atoms with Crippen LogP contribution in [0.25, 0.3) is 0 Å². The highest BCUT2D eigenvalue weighted by Crippen LogP contribution is 2.29. The smallest absolute Gasteiger partial charge is 0.417 e. The van der Waals surface area contributed by atoms with E-state index in [0.29, 0.717) is 13.0 Å². The summed E-state index contributed by atoms with van der Waals surface area (Å²) in [5.74, 6) is 2.86. The lowest BCUT2D eigenvalue weighted by Crippen LogP contribution is -2.60. The van der Waals surface area contributed by atoms with Crippen molar-refractivity contribution in [3.05, 3.63) is 0 Å². The zero-order valence-corrected chi connectivity index (χ0v) is 27.5. The molecule has 0 fully saturated rings. The Hall–Kier alpha value is -0.262. The highest BCUT2D eigenvalue weighted by atomic mass is 28.5. The number of hydrogen-bond acceptors (Lipinski definition) is 4. The minimum absolute atomic E-state index is 0.128. The van der Waals surface area contributed by atoms with Gasteiger partial charge < -0.3 is 22.1 Å². The van der Waals surface area contributed by atoms with Crippen molar-refractivity contribution in [2.24, 2.45) is 0 Å². The van der Waals surface area contributed by atoms with Gasteiger partial charge in [-0.25, -0.2) is 0 Å². The van der Waals surface area contributed by atoms with E-state index in [4.69, 9.17) is 18.8 Å². The summed E-state index contributed by atoms with van der Waals surface area (Å²) in [6.07, 6.45) is 9.87. The van der Waals surface area contributed by atoms with Gasteiger partial charge in [-0.15, -0.1) is 6.42 Å². The third kappa shape index (κ3) is 18.7. The number of hydrogen-bond donors (Lipinski definition) is 1. The van der Waals surface area contributed by atoms with Crippen molar-refractivity contribution >= 4 is 39.7 Å². The van der Waals surface area contributed by atoms with Gasteiger partial charge in [0, 0.05) is 19.0 Å². The van der Waals surface area contributed by atoms with Gasteiger partial charge in [-0.2, -0.15) is 0 Å². The normalized spacial score (nSPS) is 13.6. The summed E-state index contributed by atoms with van der Waals surface area (Å²) in [6.45, 7) is 22.2. The van der Waals surface area contributed by atoms with Crippen molar-refractivity contribution in [1.29, 1.82) is 0 Å². The van der Waals surface area contributed by atoms with E-state index < -0.39 is 33.8 Å². The van der Waals surface area contributed by atoms with E-state index in [1.807, 2.05) is 0 Å². The number of terminal acetylenes is 1. The van der Waals surface area contributed by atoms with E-state index in [1.165, 1.54) is 0 Å². The predicted molar refractivity (Wildman–Crippen MR) is 151 cm³/mol. The Morgan fingerprint density at radius 3 is 1.73 bits per heavy atom. The minimum atomic E-state index is -2.82. The molecular weight excluding hydrogens is 481 g/mol. The number of rotatable bonds is 17. The number of nitrogens with zero attached hydrogens (tertiary/aromatic N) is 1. The molecule has 1 amide bonds. The second-order valence-corrected chi connectivity index (χ2v) is 29.6. The Labute approximate surface area is 209 Å². The maximum atomic E-state index is 12.3. The van der Waals surface area contributed by atoms with Crippen molar-refractivity contribution in [1.82, 2.24) is 5.32 Å². The Morgan fingerprint density at radius 1 is 0.818 bits per heavy atom. The molecule has 0 saturated heterocycles. The quantitative estimate of drug-likeness (QED) is 0.120. The average Bonchev–Trinajstić information content (AvgIpc) is 2.53. The Kier molecular flexibility index (Phi) is 13.6. The third-order valence-corrected chi connectivity index (χ3v) is 16.6. The second-order valence-electron chi connectivity index (χ2n) is 12.6. The van der Waals surface area contributed by atoms with Crippen molar-refractivity contribution in [2.45, 2.75) is 97.1 Å². The van der Waals surface area contributed by atoms with Crippen LogP contribution in [0.5, 0.6) is 0 Å². The molecule has 0 bridgehead atoms. The monoisotopic (exact) mass is 533 g/mol. The Bertz CT molecular complexity index is 592. The highest BCUT2D eigenvalue weighted by Gasteiger charge is 2.49. The van der Waals surface area contributed by atoms with Crippen LogP contribution in [0.1, 0.15) is 32.1 Å². The first kappa shape index (κ1) is 32.7. The molecule has 0 heterocycles. The molecule has 10 heteroatoms. The van der Waals surface area contributed by atoms with Crippen molar-refractivity contribution in [3.8, 4) is 12.3 Å². The van der Waals surface area contributed by atoms with Gasteiger partial charge in [0.2, 0.25) is 5.91 Å². The van der Waals surface area contributed by atoms with Gasteiger partial charge in [-0.1, -0.05) is 0 Å². The molecule has 0 rings (SSSR count). The minimum Gasteiger partial charge on any atom is -0.417 e. The van der Waals surface area contributed by atoms with Crippen LogP contribution >= 0.6 is 0 Å². The summed E-state index contributed by atoms with van der Waals surface area (Å²) < 4.78 is 20.9. The molecule has 33 heavy (non-hydrogen) atoms. The number of carbonyl (C=O) groups excluding carboxylic acids is 1. The van der Waals surface area contributed by atoms with Crippen LogP contribution in [0.15, 0.2) is 0 Å². The van der Waals surface area contributed by atoms with E-state index in [-0.39, 0.29) is 5.91 Å². The second kappa shape index (κ2) is 13.7. The number of amides is 1. The summed E-state index contributed by atoms with van der Waals surface area (Å²) in [7, 11) is -4.10. The molecule has 1 N–H and O–H groups in total. The summed E-state index contributed by atoms with van der Waals surface area (Å²) in [6, 6.07) is 0.758. The maximum Gasteiger partial charge on any atom is 0.469 e. The standard InChI is InChI=1S/C23H52N2O4Si4/c1-13-20-25(2,3)21-16-14-15-18-23(26)24-19-17-22-33(27-30(4,5)6,28-31(7,8)9)29-32(10,11)12/h1H,14-22H2,2-12H3/p+1. The van der Waals surface area contributed by atoms with Crippen LogP contribution in [0.3, 0.4) is 0 Å². The largest absolute Gasteiger partial charge is 0.469 e. The lowest BCUT2D eigenvalue weighted by Gasteiger charge is -2.43. The van der Waals surface area contributed by atoms with Crippen molar-refractivity contribution < 1.29 is 21.6 Å². The molecule has 0 aromatic heterocycles. The first-order chi connectivity index (χ1) is 14.8. The summed E-state index contributed by atoms with van der Waals surface area (Å²) in [5.41, 5.74) is 0. The van der Waals surface area contributed by atoms with Gasteiger partial charge >= 0.3 is 8.80 Å². The molecule has 0 aliphatic heterocycles. The van der Waals surface area contributed by atoms with Crippen LogP contribution in [-0.2, 0) is 17.1 Å².